The molecule has 146 valence electrons. The molecule has 5 heteroatoms. The molecule has 2 rings (SSSR count). The SMILES string of the molecule is COc1ccc(CC(C)C(C)Cc2ccc(OC(C)=O)c(OC)c2)cc1O. The molecule has 0 saturated carbocycles. The van der Waals surface area contributed by atoms with Crippen molar-refractivity contribution in [1.29, 1.82) is 0 Å². The Labute approximate surface area is 160 Å². The number of aromatic hydroxyl groups is 1. The number of ether oxygens (including phenoxy) is 3. The van der Waals surface area contributed by atoms with E-state index < -0.39 is 0 Å². The van der Waals surface area contributed by atoms with Crippen molar-refractivity contribution in [2.75, 3.05) is 14.2 Å². The average molecular weight is 372 g/mol. The van der Waals surface area contributed by atoms with Gasteiger partial charge in [0.05, 0.1) is 14.2 Å². The van der Waals surface area contributed by atoms with Gasteiger partial charge in [0.25, 0.3) is 0 Å². The van der Waals surface area contributed by atoms with Gasteiger partial charge in [-0.15, -0.1) is 0 Å². The third-order valence-electron chi connectivity index (χ3n) is 4.81. The standard InChI is InChI=1S/C22H28O5/c1-14(10-17-6-8-20(25-4)19(24)12-17)15(2)11-18-7-9-21(27-16(3)23)22(13-18)26-5/h6-9,12-15,24H,10-11H2,1-5H3. The summed E-state index contributed by atoms with van der Waals surface area (Å²) in [5, 5.41) is 9.95. The highest BCUT2D eigenvalue weighted by atomic mass is 16.6. The molecule has 0 radical (unpaired) electrons. The van der Waals surface area contributed by atoms with Gasteiger partial charge in [0, 0.05) is 6.92 Å². The van der Waals surface area contributed by atoms with E-state index >= 15 is 0 Å². The summed E-state index contributed by atoms with van der Waals surface area (Å²) >= 11 is 0. The molecule has 2 aromatic rings. The molecule has 2 aromatic carbocycles. The number of methoxy groups -OCH3 is 2. The Bertz CT molecular complexity index is 784. The number of rotatable bonds is 8. The Morgan fingerprint density at radius 3 is 1.89 bits per heavy atom. The molecule has 0 aliphatic heterocycles. The maximum absolute atomic E-state index is 11.2. The van der Waals surface area contributed by atoms with Gasteiger partial charge in [0.15, 0.2) is 23.0 Å². The third-order valence-corrected chi connectivity index (χ3v) is 4.81. The summed E-state index contributed by atoms with van der Waals surface area (Å²) in [5.41, 5.74) is 2.20. The smallest absolute Gasteiger partial charge is 0.308 e. The first-order valence-electron chi connectivity index (χ1n) is 9.05. The number of benzene rings is 2. The first-order chi connectivity index (χ1) is 12.8. The zero-order valence-corrected chi connectivity index (χ0v) is 16.6. The van der Waals surface area contributed by atoms with Crippen molar-refractivity contribution in [3.05, 3.63) is 47.5 Å². The van der Waals surface area contributed by atoms with Crippen LogP contribution in [0.3, 0.4) is 0 Å². The van der Waals surface area contributed by atoms with Gasteiger partial charge in [-0.3, -0.25) is 4.79 Å². The summed E-state index contributed by atoms with van der Waals surface area (Å²) in [7, 11) is 3.11. The van der Waals surface area contributed by atoms with E-state index in [1.807, 2.05) is 18.2 Å². The fourth-order valence-electron chi connectivity index (χ4n) is 3.09. The Hall–Kier alpha value is -2.69. The molecule has 0 heterocycles. The second kappa shape index (κ2) is 9.31. The molecule has 0 spiro atoms. The highest BCUT2D eigenvalue weighted by Gasteiger charge is 2.16. The van der Waals surface area contributed by atoms with E-state index in [1.54, 1.807) is 32.4 Å². The third kappa shape index (κ3) is 5.64. The summed E-state index contributed by atoms with van der Waals surface area (Å²) in [6.07, 6.45) is 1.74. The van der Waals surface area contributed by atoms with Crippen molar-refractivity contribution in [1.82, 2.24) is 0 Å². The van der Waals surface area contributed by atoms with Crippen LogP contribution in [0.15, 0.2) is 36.4 Å². The molecule has 2 unspecified atom stereocenters. The first-order valence-corrected chi connectivity index (χ1v) is 9.05. The molecule has 5 nitrogen and oxygen atoms in total. The molecule has 0 fully saturated rings. The molecule has 0 amide bonds. The summed E-state index contributed by atoms with van der Waals surface area (Å²) in [6, 6.07) is 11.2. The van der Waals surface area contributed by atoms with Crippen molar-refractivity contribution in [3.8, 4) is 23.0 Å². The topological polar surface area (TPSA) is 65.0 Å². The van der Waals surface area contributed by atoms with Crippen LogP contribution in [-0.2, 0) is 17.6 Å². The number of hydrogen-bond donors (Lipinski definition) is 1. The van der Waals surface area contributed by atoms with Gasteiger partial charge in [-0.25, -0.2) is 0 Å². The lowest BCUT2D eigenvalue weighted by atomic mass is 9.85. The minimum atomic E-state index is -0.370. The number of phenols is 1. The number of esters is 1. The van der Waals surface area contributed by atoms with E-state index in [2.05, 4.69) is 13.8 Å². The van der Waals surface area contributed by atoms with Crippen LogP contribution in [0, 0.1) is 11.8 Å². The van der Waals surface area contributed by atoms with E-state index in [-0.39, 0.29) is 11.7 Å². The molecule has 0 saturated heterocycles. The van der Waals surface area contributed by atoms with Gasteiger partial charge < -0.3 is 19.3 Å². The van der Waals surface area contributed by atoms with Crippen LogP contribution in [0.2, 0.25) is 0 Å². The van der Waals surface area contributed by atoms with Crippen molar-refractivity contribution in [2.24, 2.45) is 11.8 Å². The molecule has 0 aliphatic rings. The van der Waals surface area contributed by atoms with Crippen LogP contribution in [0.5, 0.6) is 23.0 Å². The Balaban J connectivity index is 2.04. The molecule has 0 bridgehead atoms. The Morgan fingerprint density at radius 1 is 0.889 bits per heavy atom. The molecule has 0 aromatic heterocycles. The molecule has 0 aliphatic carbocycles. The highest BCUT2D eigenvalue weighted by Crippen LogP contribution is 2.31. The van der Waals surface area contributed by atoms with Gasteiger partial charge in [0.2, 0.25) is 0 Å². The normalized spacial score (nSPS) is 12.9. The fourth-order valence-corrected chi connectivity index (χ4v) is 3.09. The number of carbonyl (C=O) groups excluding carboxylic acids is 1. The van der Waals surface area contributed by atoms with Crippen molar-refractivity contribution < 1.29 is 24.1 Å². The van der Waals surface area contributed by atoms with Gasteiger partial charge in [-0.05, 0) is 60.1 Å². The maximum Gasteiger partial charge on any atom is 0.308 e. The minimum absolute atomic E-state index is 0.167. The molecule has 27 heavy (non-hydrogen) atoms. The lowest BCUT2D eigenvalue weighted by molar-refractivity contribution is -0.132. The average Bonchev–Trinajstić information content (AvgIpc) is 2.62. The van der Waals surface area contributed by atoms with Crippen molar-refractivity contribution in [3.63, 3.8) is 0 Å². The minimum Gasteiger partial charge on any atom is -0.504 e. The van der Waals surface area contributed by atoms with Crippen LogP contribution in [0.1, 0.15) is 31.9 Å². The predicted molar refractivity (Wildman–Crippen MR) is 105 cm³/mol. The highest BCUT2D eigenvalue weighted by molar-refractivity contribution is 5.70. The zero-order chi connectivity index (χ0) is 20.0. The number of phenolic OH excluding ortho intramolecular Hbond substituents is 1. The molecular formula is C22H28O5. The molecule has 1 N–H and O–H groups in total. The molecular weight excluding hydrogens is 344 g/mol. The number of hydrogen-bond acceptors (Lipinski definition) is 5. The zero-order valence-electron chi connectivity index (χ0n) is 16.6. The Kier molecular flexibility index (Phi) is 7.11. The first kappa shape index (κ1) is 20.6. The Morgan fingerprint density at radius 2 is 1.41 bits per heavy atom. The van der Waals surface area contributed by atoms with Crippen LogP contribution < -0.4 is 14.2 Å². The van der Waals surface area contributed by atoms with E-state index in [0.29, 0.717) is 29.1 Å². The van der Waals surface area contributed by atoms with Crippen molar-refractivity contribution in [2.45, 2.75) is 33.6 Å². The monoisotopic (exact) mass is 372 g/mol. The lowest BCUT2D eigenvalue weighted by Gasteiger charge is -2.21. The van der Waals surface area contributed by atoms with Crippen LogP contribution in [0.25, 0.3) is 0 Å². The summed E-state index contributed by atoms with van der Waals surface area (Å²) < 4.78 is 15.6. The van der Waals surface area contributed by atoms with E-state index in [1.165, 1.54) is 6.92 Å². The van der Waals surface area contributed by atoms with Gasteiger partial charge in [-0.2, -0.15) is 0 Å². The van der Waals surface area contributed by atoms with E-state index in [0.717, 1.165) is 24.0 Å². The largest absolute Gasteiger partial charge is 0.504 e. The van der Waals surface area contributed by atoms with Gasteiger partial charge in [0.1, 0.15) is 0 Å². The van der Waals surface area contributed by atoms with Crippen LogP contribution in [0.4, 0.5) is 0 Å². The summed E-state index contributed by atoms with van der Waals surface area (Å²) in [5.74, 6) is 2.10. The predicted octanol–water partition coefficient (Wildman–Crippen LogP) is 4.39. The van der Waals surface area contributed by atoms with Crippen molar-refractivity contribution >= 4 is 5.97 Å². The number of carbonyl (C=O) groups is 1. The van der Waals surface area contributed by atoms with Gasteiger partial charge >= 0.3 is 5.97 Å². The summed E-state index contributed by atoms with van der Waals surface area (Å²) in [4.78, 5) is 11.2. The maximum atomic E-state index is 11.2. The lowest BCUT2D eigenvalue weighted by Crippen LogP contribution is -2.14. The second-order valence-corrected chi connectivity index (χ2v) is 6.95. The van der Waals surface area contributed by atoms with Crippen LogP contribution in [-0.4, -0.2) is 25.3 Å². The van der Waals surface area contributed by atoms with Gasteiger partial charge in [-0.1, -0.05) is 26.0 Å². The summed E-state index contributed by atoms with van der Waals surface area (Å²) in [6.45, 7) is 5.78. The quantitative estimate of drug-likeness (QED) is 0.550. The van der Waals surface area contributed by atoms with E-state index in [4.69, 9.17) is 14.2 Å². The van der Waals surface area contributed by atoms with E-state index in [9.17, 15) is 9.90 Å². The fraction of sp³-hybridized carbons (Fsp3) is 0.409. The molecule has 2 atom stereocenters. The van der Waals surface area contributed by atoms with Crippen LogP contribution >= 0.6 is 0 Å². The second-order valence-electron chi connectivity index (χ2n) is 6.95.